The monoisotopic (exact) mass is 564 g/mol. The molecule has 0 unspecified atom stereocenters. The topological polar surface area (TPSA) is 62.9 Å². The Morgan fingerprint density at radius 1 is 0.975 bits per heavy atom. The van der Waals surface area contributed by atoms with Crippen LogP contribution in [0.2, 0.25) is 5.02 Å². The average Bonchev–Trinajstić information content (AvgIpc) is 3.27. The molecule has 1 aromatic heterocycles. The normalized spacial score (nSPS) is 14.6. The summed E-state index contributed by atoms with van der Waals surface area (Å²) < 4.78 is 23.2. The van der Waals surface area contributed by atoms with E-state index in [9.17, 15) is 14.3 Å². The molecule has 1 aliphatic rings. The van der Waals surface area contributed by atoms with Gasteiger partial charge in [0.15, 0.2) is 0 Å². The van der Waals surface area contributed by atoms with E-state index in [1.165, 1.54) is 21.3 Å². The number of nitrogens with zero attached hydrogens (tertiary/aromatic N) is 4. The molecule has 3 aromatic carbocycles. The number of anilines is 1. The molecule has 1 saturated heterocycles. The molecule has 7 nitrogen and oxygen atoms in total. The van der Waals surface area contributed by atoms with Gasteiger partial charge in [-0.1, -0.05) is 29.8 Å². The molecule has 0 radical (unpaired) electrons. The van der Waals surface area contributed by atoms with Crippen LogP contribution in [-0.2, 0) is 11.8 Å². The lowest BCUT2D eigenvalue weighted by atomic mass is 9.96. The largest absolute Gasteiger partial charge is 0.507 e. The number of hydrogen-bond donors (Lipinski definition) is 1. The van der Waals surface area contributed by atoms with Crippen LogP contribution in [0.1, 0.15) is 13.8 Å². The number of aromatic hydroxyl groups is 1. The molecule has 0 bridgehead atoms. The number of piperazine rings is 1. The fourth-order valence-electron chi connectivity index (χ4n) is 5.44. The van der Waals surface area contributed by atoms with Gasteiger partial charge < -0.3 is 19.3 Å². The van der Waals surface area contributed by atoms with E-state index in [1.54, 1.807) is 44.8 Å². The van der Waals surface area contributed by atoms with Crippen molar-refractivity contribution >= 4 is 17.3 Å². The first-order valence-electron chi connectivity index (χ1n) is 13.3. The van der Waals surface area contributed by atoms with Gasteiger partial charge in [-0.15, -0.1) is 0 Å². The number of imidazole rings is 1. The Morgan fingerprint density at radius 2 is 1.65 bits per heavy atom. The van der Waals surface area contributed by atoms with Crippen molar-refractivity contribution in [3.05, 3.63) is 88.3 Å². The van der Waals surface area contributed by atoms with Crippen LogP contribution < -0.4 is 10.6 Å². The van der Waals surface area contributed by atoms with E-state index in [-0.39, 0.29) is 17.0 Å². The minimum absolute atomic E-state index is 0.0367. The predicted molar refractivity (Wildman–Crippen MR) is 158 cm³/mol. The number of hydrogen-bond acceptors (Lipinski definition) is 5. The van der Waals surface area contributed by atoms with Crippen molar-refractivity contribution < 1.29 is 14.2 Å². The molecular weight excluding hydrogens is 531 g/mol. The van der Waals surface area contributed by atoms with E-state index in [2.05, 4.69) is 23.6 Å². The summed E-state index contributed by atoms with van der Waals surface area (Å²) in [7, 11) is 3.39. The maximum Gasteiger partial charge on any atom is 0.332 e. The van der Waals surface area contributed by atoms with Gasteiger partial charge in [0.05, 0.1) is 17.3 Å². The highest BCUT2D eigenvalue weighted by atomic mass is 35.5. The molecule has 0 saturated carbocycles. The third-order valence-corrected chi connectivity index (χ3v) is 8.00. The lowest BCUT2D eigenvalue weighted by Gasteiger charge is -2.44. The van der Waals surface area contributed by atoms with E-state index >= 15 is 0 Å². The molecular formula is C31H34ClFN4O3. The molecule has 1 fully saturated rings. The van der Waals surface area contributed by atoms with Gasteiger partial charge in [0.2, 0.25) is 0 Å². The predicted octanol–water partition coefficient (Wildman–Crippen LogP) is 5.56. The Bertz CT molecular complexity index is 1590. The summed E-state index contributed by atoms with van der Waals surface area (Å²) in [4.78, 5) is 17.1. The summed E-state index contributed by atoms with van der Waals surface area (Å²) in [5.74, 6) is -0.507. The first kappa shape index (κ1) is 28.0. The highest BCUT2D eigenvalue weighted by Crippen LogP contribution is 2.41. The van der Waals surface area contributed by atoms with Crippen LogP contribution in [0.3, 0.4) is 0 Å². The fourth-order valence-corrected chi connectivity index (χ4v) is 5.71. The number of methoxy groups -OCH3 is 1. The molecule has 1 aliphatic heterocycles. The van der Waals surface area contributed by atoms with E-state index in [1.807, 2.05) is 24.3 Å². The van der Waals surface area contributed by atoms with Crippen molar-refractivity contribution in [3.63, 3.8) is 0 Å². The molecule has 4 aromatic rings. The number of rotatable bonds is 7. The Morgan fingerprint density at radius 3 is 2.25 bits per heavy atom. The molecule has 1 N–H and O–H groups in total. The van der Waals surface area contributed by atoms with Crippen LogP contribution in [0.4, 0.5) is 10.1 Å². The molecule has 0 spiro atoms. The van der Waals surface area contributed by atoms with Crippen molar-refractivity contribution in [2.24, 2.45) is 7.05 Å². The van der Waals surface area contributed by atoms with Crippen LogP contribution in [-0.4, -0.2) is 64.6 Å². The zero-order chi connectivity index (χ0) is 28.6. The number of ether oxygens (including phenoxy) is 1. The van der Waals surface area contributed by atoms with Gasteiger partial charge in [0.1, 0.15) is 11.6 Å². The summed E-state index contributed by atoms with van der Waals surface area (Å²) >= 11 is 6.55. The van der Waals surface area contributed by atoms with Crippen molar-refractivity contribution in [1.29, 1.82) is 0 Å². The van der Waals surface area contributed by atoms with E-state index < -0.39 is 5.82 Å². The van der Waals surface area contributed by atoms with Gasteiger partial charge in [0.25, 0.3) is 0 Å². The van der Waals surface area contributed by atoms with Crippen LogP contribution in [0.15, 0.2) is 71.8 Å². The van der Waals surface area contributed by atoms with Crippen LogP contribution in [0.25, 0.3) is 27.9 Å². The van der Waals surface area contributed by atoms with Crippen LogP contribution in [0.5, 0.6) is 5.75 Å². The second-order valence-corrected chi connectivity index (χ2v) is 11.3. The molecule has 210 valence electrons. The zero-order valence-corrected chi connectivity index (χ0v) is 24.0. The van der Waals surface area contributed by atoms with Crippen molar-refractivity contribution in [1.82, 2.24) is 14.0 Å². The molecule has 2 heterocycles. The van der Waals surface area contributed by atoms with E-state index in [4.69, 9.17) is 16.3 Å². The van der Waals surface area contributed by atoms with E-state index in [0.717, 1.165) is 37.4 Å². The number of aryl methyl sites for hydroxylation is 1. The summed E-state index contributed by atoms with van der Waals surface area (Å²) in [5, 5.41) is 11.6. The number of aromatic nitrogens is 2. The fraction of sp³-hybridized carbons (Fsp3) is 0.323. The third kappa shape index (κ3) is 5.39. The van der Waals surface area contributed by atoms with Gasteiger partial charge in [-0.3, -0.25) is 9.47 Å². The first-order chi connectivity index (χ1) is 19.1. The van der Waals surface area contributed by atoms with Gasteiger partial charge in [-0.25, -0.2) is 9.18 Å². The molecule has 0 atom stereocenters. The molecule has 5 rings (SSSR count). The van der Waals surface area contributed by atoms with Crippen molar-refractivity contribution in [2.75, 3.05) is 44.8 Å². The highest BCUT2D eigenvalue weighted by Gasteiger charge is 2.30. The first-order valence-corrected chi connectivity index (χ1v) is 13.6. The average molecular weight is 565 g/mol. The second-order valence-electron chi connectivity index (χ2n) is 10.8. The molecule has 0 aliphatic carbocycles. The summed E-state index contributed by atoms with van der Waals surface area (Å²) in [6.45, 7) is 8.57. The second kappa shape index (κ2) is 11.1. The van der Waals surface area contributed by atoms with E-state index in [0.29, 0.717) is 34.0 Å². The van der Waals surface area contributed by atoms with Gasteiger partial charge >= 0.3 is 5.69 Å². The zero-order valence-electron chi connectivity index (χ0n) is 23.2. The van der Waals surface area contributed by atoms with Gasteiger partial charge in [-0.05, 0) is 61.4 Å². The summed E-state index contributed by atoms with van der Waals surface area (Å²) in [6, 6.07) is 15.5. The van der Waals surface area contributed by atoms with Crippen LogP contribution in [0, 0.1) is 5.82 Å². The number of benzene rings is 3. The molecule has 0 amide bonds. The summed E-state index contributed by atoms with van der Waals surface area (Å²) in [6.07, 6.45) is 3.28. The van der Waals surface area contributed by atoms with Gasteiger partial charge in [-0.2, -0.15) is 0 Å². The smallest absolute Gasteiger partial charge is 0.332 e. The number of phenols is 1. The lowest BCUT2D eigenvalue weighted by Crippen LogP contribution is -2.56. The standard InChI is InChI=1S/C31H34ClFN4O3/c1-31(2,20-40-4)36-13-11-35(12-14-36)24-7-5-6-21(16-24)25-18-23(33)19-26(29(25)38)22-8-9-28(27(32)17-22)37-15-10-34(3)30(37)39/h5-10,15-19,38H,11-14,20H2,1-4H3. The maximum absolute atomic E-state index is 14.9. The highest BCUT2D eigenvalue weighted by molar-refractivity contribution is 6.32. The number of halogens is 2. The minimum Gasteiger partial charge on any atom is -0.507 e. The lowest BCUT2D eigenvalue weighted by molar-refractivity contribution is 0.0302. The molecule has 9 heteroatoms. The Balaban J connectivity index is 1.43. The molecule has 40 heavy (non-hydrogen) atoms. The van der Waals surface area contributed by atoms with Crippen LogP contribution >= 0.6 is 11.6 Å². The minimum atomic E-state index is -0.471. The Labute approximate surface area is 238 Å². The van der Waals surface area contributed by atoms with Crippen molar-refractivity contribution in [2.45, 2.75) is 19.4 Å². The van der Waals surface area contributed by atoms with Gasteiger partial charge in [0, 0.05) is 75.1 Å². The summed E-state index contributed by atoms with van der Waals surface area (Å²) in [5.41, 5.74) is 3.24. The Hall–Kier alpha value is -3.59. The quantitative estimate of drug-likeness (QED) is 0.319. The van der Waals surface area contributed by atoms with Crippen molar-refractivity contribution in [3.8, 4) is 33.7 Å². The maximum atomic E-state index is 14.9. The number of phenolic OH excluding ortho intramolecular Hbond substituents is 1. The SMILES string of the molecule is COCC(C)(C)N1CCN(c2cccc(-c3cc(F)cc(-c4ccc(-n5ccn(C)c5=O)c(Cl)c4)c3O)c2)CC1. The Kier molecular flexibility index (Phi) is 7.77. The third-order valence-electron chi connectivity index (χ3n) is 7.70.